The van der Waals surface area contributed by atoms with Crippen molar-refractivity contribution in [2.24, 2.45) is 0 Å². The van der Waals surface area contributed by atoms with Crippen LogP contribution in [-0.2, 0) is 4.74 Å². The summed E-state index contributed by atoms with van der Waals surface area (Å²) in [7, 11) is 0. The van der Waals surface area contributed by atoms with Crippen molar-refractivity contribution in [3.05, 3.63) is 71.3 Å². The molecular formula is C20H26F2NO2+. The second kappa shape index (κ2) is 9.61. The molecule has 2 N–H and O–H groups in total. The summed E-state index contributed by atoms with van der Waals surface area (Å²) in [5.41, 5.74) is 1.52. The Morgan fingerprint density at radius 3 is 1.72 bits per heavy atom. The number of benzene rings is 2. The Labute approximate surface area is 147 Å². The summed E-state index contributed by atoms with van der Waals surface area (Å²) in [5, 5.41) is 10.2. The number of likely N-dealkylation sites (N-methyl/N-ethyl adjacent to an activating group) is 1. The third-order valence-corrected chi connectivity index (χ3v) is 4.33. The third-order valence-electron chi connectivity index (χ3n) is 4.33. The molecule has 0 aliphatic rings. The number of halogens is 2. The molecule has 25 heavy (non-hydrogen) atoms. The average Bonchev–Trinajstić information content (AvgIpc) is 2.62. The molecule has 0 fully saturated rings. The van der Waals surface area contributed by atoms with Crippen LogP contribution in [0.5, 0.6) is 0 Å². The minimum Gasteiger partial charge on any atom is -0.385 e. The van der Waals surface area contributed by atoms with E-state index in [1.165, 1.54) is 29.2 Å². The molecule has 136 valence electrons. The van der Waals surface area contributed by atoms with Crippen molar-refractivity contribution in [3.63, 3.8) is 0 Å². The van der Waals surface area contributed by atoms with E-state index in [1.54, 1.807) is 24.3 Å². The molecule has 0 aromatic heterocycles. The molecular weight excluding hydrogens is 324 g/mol. The quantitative estimate of drug-likeness (QED) is 0.728. The third kappa shape index (κ3) is 5.88. The van der Waals surface area contributed by atoms with Gasteiger partial charge in [0.1, 0.15) is 30.4 Å². The van der Waals surface area contributed by atoms with E-state index >= 15 is 0 Å². The normalized spacial score (nSPS) is 12.8. The van der Waals surface area contributed by atoms with Crippen molar-refractivity contribution in [1.29, 1.82) is 0 Å². The van der Waals surface area contributed by atoms with Crippen molar-refractivity contribution in [2.75, 3.05) is 26.2 Å². The second-order valence-electron chi connectivity index (χ2n) is 6.13. The maximum absolute atomic E-state index is 13.2. The van der Waals surface area contributed by atoms with Crippen molar-refractivity contribution >= 4 is 0 Å². The highest BCUT2D eigenvalue weighted by atomic mass is 19.1. The predicted molar refractivity (Wildman–Crippen MR) is 93.5 cm³/mol. The van der Waals surface area contributed by atoms with Crippen LogP contribution in [0.4, 0.5) is 8.78 Å². The molecule has 0 unspecified atom stereocenters. The molecule has 2 rings (SSSR count). The zero-order valence-corrected chi connectivity index (χ0v) is 14.7. The standard InChI is InChI=1S/C20H25F2NO2/c1-3-23(4-2)13-19(24)14-25-20(15-5-9-17(21)10-6-15)16-7-11-18(22)12-8-16/h5-12,19-20,24H,3-4,13-14H2,1-2H3/p+1/t19-/m0/s1. The molecule has 2 aromatic rings. The van der Waals surface area contributed by atoms with Crippen LogP contribution in [-0.4, -0.2) is 37.5 Å². The van der Waals surface area contributed by atoms with Crippen LogP contribution in [0, 0.1) is 11.6 Å². The van der Waals surface area contributed by atoms with E-state index in [9.17, 15) is 13.9 Å². The molecule has 0 saturated heterocycles. The lowest BCUT2D eigenvalue weighted by Crippen LogP contribution is -3.12. The lowest BCUT2D eigenvalue weighted by atomic mass is 10.0. The molecule has 0 radical (unpaired) electrons. The van der Waals surface area contributed by atoms with Gasteiger partial charge in [-0.05, 0) is 49.2 Å². The topological polar surface area (TPSA) is 33.9 Å². The van der Waals surface area contributed by atoms with Gasteiger partial charge in [-0.25, -0.2) is 8.78 Å². The largest absolute Gasteiger partial charge is 0.385 e. The van der Waals surface area contributed by atoms with E-state index in [-0.39, 0.29) is 18.2 Å². The van der Waals surface area contributed by atoms with E-state index in [0.29, 0.717) is 6.54 Å². The SMILES string of the molecule is CC[NH+](CC)C[C@H](O)COC(c1ccc(F)cc1)c1ccc(F)cc1. The minimum absolute atomic E-state index is 0.156. The number of quaternary nitrogens is 1. The van der Waals surface area contributed by atoms with Crippen LogP contribution < -0.4 is 4.90 Å². The first kappa shape index (κ1) is 19.5. The lowest BCUT2D eigenvalue weighted by Gasteiger charge is -2.23. The highest BCUT2D eigenvalue weighted by Crippen LogP contribution is 2.26. The molecule has 0 amide bonds. The van der Waals surface area contributed by atoms with Gasteiger partial charge in [0.15, 0.2) is 0 Å². The number of hydrogen-bond donors (Lipinski definition) is 2. The van der Waals surface area contributed by atoms with E-state index in [0.717, 1.165) is 24.2 Å². The van der Waals surface area contributed by atoms with E-state index in [2.05, 4.69) is 13.8 Å². The molecule has 0 saturated carbocycles. The van der Waals surface area contributed by atoms with Gasteiger partial charge in [-0.2, -0.15) is 0 Å². The summed E-state index contributed by atoms with van der Waals surface area (Å²) >= 11 is 0. The number of ether oxygens (including phenoxy) is 1. The van der Waals surface area contributed by atoms with Gasteiger partial charge in [0.2, 0.25) is 0 Å². The number of aliphatic hydroxyl groups excluding tert-OH is 1. The van der Waals surface area contributed by atoms with E-state index < -0.39 is 12.2 Å². The monoisotopic (exact) mass is 350 g/mol. The summed E-state index contributed by atoms with van der Waals surface area (Å²) in [5.74, 6) is -0.654. The van der Waals surface area contributed by atoms with Gasteiger partial charge in [-0.3, -0.25) is 0 Å². The Morgan fingerprint density at radius 1 is 0.880 bits per heavy atom. The Hall–Kier alpha value is -1.82. The van der Waals surface area contributed by atoms with Gasteiger partial charge >= 0.3 is 0 Å². The summed E-state index contributed by atoms with van der Waals surface area (Å²) in [6.45, 7) is 6.79. The molecule has 5 heteroatoms. The van der Waals surface area contributed by atoms with Gasteiger partial charge in [0.25, 0.3) is 0 Å². The number of hydrogen-bond acceptors (Lipinski definition) is 2. The van der Waals surface area contributed by atoms with Gasteiger partial charge in [0, 0.05) is 0 Å². The smallest absolute Gasteiger partial charge is 0.126 e. The Kier molecular flexibility index (Phi) is 7.50. The highest BCUT2D eigenvalue weighted by molar-refractivity contribution is 5.30. The van der Waals surface area contributed by atoms with Gasteiger partial charge in [-0.1, -0.05) is 24.3 Å². The first-order chi connectivity index (χ1) is 12.0. The lowest BCUT2D eigenvalue weighted by molar-refractivity contribution is -0.899. The minimum atomic E-state index is -0.599. The second-order valence-corrected chi connectivity index (χ2v) is 6.13. The Morgan fingerprint density at radius 2 is 1.32 bits per heavy atom. The van der Waals surface area contributed by atoms with Crippen LogP contribution in [0.15, 0.2) is 48.5 Å². The summed E-state index contributed by atoms with van der Waals surface area (Å²) < 4.78 is 32.4. The van der Waals surface area contributed by atoms with Crippen LogP contribution in [0.25, 0.3) is 0 Å². The Balaban J connectivity index is 2.12. The maximum Gasteiger partial charge on any atom is 0.126 e. The summed E-state index contributed by atoms with van der Waals surface area (Å²) in [4.78, 5) is 1.29. The maximum atomic E-state index is 13.2. The van der Waals surface area contributed by atoms with E-state index in [1.807, 2.05) is 0 Å². The summed E-state index contributed by atoms with van der Waals surface area (Å²) in [6.07, 6.45) is -1.08. The molecule has 1 atom stereocenters. The number of aliphatic hydroxyl groups is 1. The van der Waals surface area contributed by atoms with Crippen LogP contribution >= 0.6 is 0 Å². The van der Waals surface area contributed by atoms with E-state index in [4.69, 9.17) is 4.74 Å². The summed E-state index contributed by atoms with van der Waals surface area (Å²) in [6, 6.07) is 12.0. The molecule has 0 heterocycles. The fraction of sp³-hybridized carbons (Fsp3) is 0.400. The number of nitrogens with one attached hydrogen (secondary N) is 1. The molecule has 3 nitrogen and oxygen atoms in total. The van der Waals surface area contributed by atoms with Crippen molar-refractivity contribution in [2.45, 2.75) is 26.1 Å². The highest BCUT2D eigenvalue weighted by Gasteiger charge is 2.19. The predicted octanol–water partition coefficient (Wildman–Crippen LogP) is 2.36. The molecule has 0 aliphatic carbocycles. The molecule has 0 bridgehead atoms. The zero-order chi connectivity index (χ0) is 18.2. The molecule has 2 aromatic carbocycles. The van der Waals surface area contributed by atoms with Crippen LogP contribution in [0.1, 0.15) is 31.1 Å². The zero-order valence-electron chi connectivity index (χ0n) is 14.7. The number of rotatable bonds is 9. The average molecular weight is 350 g/mol. The molecule has 0 spiro atoms. The first-order valence-corrected chi connectivity index (χ1v) is 8.67. The fourth-order valence-electron chi connectivity index (χ4n) is 2.80. The van der Waals surface area contributed by atoms with Gasteiger partial charge in [0.05, 0.1) is 19.7 Å². The first-order valence-electron chi connectivity index (χ1n) is 8.67. The van der Waals surface area contributed by atoms with Crippen LogP contribution in [0.3, 0.4) is 0 Å². The van der Waals surface area contributed by atoms with Gasteiger partial charge < -0.3 is 14.7 Å². The van der Waals surface area contributed by atoms with Crippen LogP contribution in [0.2, 0.25) is 0 Å². The van der Waals surface area contributed by atoms with Crippen molar-refractivity contribution in [1.82, 2.24) is 0 Å². The van der Waals surface area contributed by atoms with Gasteiger partial charge in [-0.15, -0.1) is 0 Å². The fourth-order valence-corrected chi connectivity index (χ4v) is 2.80. The molecule has 0 aliphatic heterocycles. The Bertz CT molecular complexity index is 582. The van der Waals surface area contributed by atoms with Crippen molar-refractivity contribution < 1.29 is 23.5 Å². The van der Waals surface area contributed by atoms with Crippen molar-refractivity contribution in [3.8, 4) is 0 Å².